The number of hydrogen-bond acceptors (Lipinski definition) is 5. The molecule has 0 saturated heterocycles. The minimum Gasteiger partial charge on any atom is -0.378 e. The molecule has 0 bridgehead atoms. The largest absolute Gasteiger partial charge is 0.378 e. The molecule has 0 aliphatic carbocycles. The van der Waals surface area contributed by atoms with Gasteiger partial charge < -0.3 is 10.2 Å². The maximum atomic E-state index is 13.0. The molecule has 4 aromatic rings. The summed E-state index contributed by atoms with van der Waals surface area (Å²) in [5.41, 5.74) is 3.88. The first-order chi connectivity index (χ1) is 14.9. The van der Waals surface area contributed by atoms with Gasteiger partial charge in [0, 0.05) is 31.2 Å². The summed E-state index contributed by atoms with van der Waals surface area (Å²) in [5, 5.41) is 3.46. The highest BCUT2D eigenvalue weighted by atomic mass is 32.1. The fourth-order valence-corrected chi connectivity index (χ4v) is 4.60. The van der Waals surface area contributed by atoms with Crippen LogP contribution in [0.2, 0.25) is 0 Å². The minimum absolute atomic E-state index is 0.0620. The van der Waals surface area contributed by atoms with Gasteiger partial charge in [-0.2, -0.15) is 0 Å². The maximum absolute atomic E-state index is 13.0. The summed E-state index contributed by atoms with van der Waals surface area (Å²) < 4.78 is 1.38. The molecular formula is C24H24N4O2S. The average molecular weight is 433 g/mol. The SMILES string of the molecule is Cc1c(-c2ccccc2)sc2ncn(CC(=O)NCc3ccc(N(C)C)cc3)c(=O)c12. The fraction of sp³-hybridized carbons (Fsp3) is 0.208. The Kier molecular flexibility index (Phi) is 5.86. The van der Waals surface area contributed by atoms with Crippen LogP contribution >= 0.6 is 11.3 Å². The summed E-state index contributed by atoms with van der Waals surface area (Å²) >= 11 is 1.50. The lowest BCUT2D eigenvalue weighted by atomic mass is 10.1. The second kappa shape index (κ2) is 8.73. The van der Waals surface area contributed by atoms with Crippen molar-refractivity contribution in [1.82, 2.24) is 14.9 Å². The number of hydrogen-bond donors (Lipinski definition) is 1. The molecule has 0 aliphatic heterocycles. The van der Waals surface area contributed by atoms with E-state index in [4.69, 9.17) is 0 Å². The standard InChI is InChI=1S/C24H24N4O2S/c1-16-21-23(31-22(16)18-7-5-4-6-8-18)26-15-28(24(21)30)14-20(29)25-13-17-9-11-19(12-10-17)27(2)3/h4-12,15H,13-14H2,1-3H3,(H,25,29). The number of carbonyl (C=O) groups is 1. The molecule has 0 unspecified atom stereocenters. The summed E-state index contributed by atoms with van der Waals surface area (Å²) in [6.07, 6.45) is 1.46. The molecule has 6 nitrogen and oxygen atoms in total. The van der Waals surface area contributed by atoms with Gasteiger partial charge in [-0.05, 0) is 35.7 Å². The van der Waals surface area contributed by atoms with E-state index in [1.807, 2.05) is 80.5 Å². The van der Waals surface area contributed by atoms with Crippen LogP contribution < -0.4 is 15.8 Å². The van der Waals surface area contributed by atoms with Crippen LogP contribution in [0.5, 0.6) is 0 Å². The third kappa shape index (κ3) is 4.36. The number of nitrogens with one attached hydrogen (secondary N) is 1. The van der Waals surface area contributed by atoms with E-state index >= 15 is 0 Å². The first-order valence-corrected chi connectivity index (χ1v) is 10.8. The van der Waals surface area contributed by atoms with Crippen molar-refractivity contribution in [2.75, 3.05) is 19.0 Å². The van der Waals surface area contributed by atoms with E-state index in [2.05, 4.69) is 10.3 Å². The third-order valence-electron chi connectivity index (χ3n) is 5.21. The number of aromatic nitrogens is 2. The Morgan fingerprint density at radius 3 is 2.48 bits per heavy atom. The van der Waals surface area contributed by atoms with Crippen LogP contribution in [0, 0.1) is 6.92 Å². The van der Waals surface area contributed by atoms with Crippen LogP contribution in [0.25, 0.3) is 20.7 Å². The van der Waals surface area contributed by atoms with Gasteiger partial charge >= 0.3 is 0 Å². The van der Waals surface area contributed by atoms with Gasteiger partial charge in [-0.15, -0.1) is 11.3 Å². The van der Waals surface area contributed by atoms with Crippen molar-refractivity contribution < 1.29 is 4.79 Å². The predicted octanol–water partition coefficient (Wildman–Crippen LogP) is 3.82. The van der Waals surface area contributed by atoms with Gasteiger partial charge in [-0.3, -0.25) is 14.2 Å². The quantitative estimate of drug-likeness (QED) is 0.503. The molecule has 2 aromatic heterocycles. The Balaban J connectivity index is 1.50. The molecule has 2 aromatic carbocycles. The van der Waals surface area contributed by atoms with Crippen LogP contribution in [0.3, 0.4) is 0 Å². The van der Waals surface area contributed by atoms with Crippen LogP contribution in [-0.2, 0) is 17.9 Å². The van der Waals surface area contributed by atoms with Crippen LogP contribution in [0.15, 0.2) is 65.7 Å². The summed E-state index contributed by atoms with van der Waals surface area (Å²) in [7, 11) is 3.97. The average Bonchev–Trinajstić information content (AvgIpc) is 3.12. The van der Waals surface area contributed by atoms with Gasteiger partial charge in [0.25, 0.3) is 5.56 Å². The van der Waals surface area contributed by atoms with E-state index in [1.54, 1.807) is 0 Å². The van der Waals surface area contributed by atoms with Gasteiger partial charge in [-0.1, -0.05) is 42.5 Å². The zero-order chi connectivity index (χ0) is 22.0. The van der Waals surface area contributed by atoms with E-state index in [0.29, 0.717) is 16.8 Å². The number of fused-ring (bicyclic) bond motifs is 1. The summed E-state index contributed by atoms with van der Waals surface area (Å²) in [6.45, 7) is 2.28. The number of nitrogens with zero attached hydrogens (tertiary/aromatic N) is 3. The smallest absolute Gasteiger partial charge is 0.262 e. The van der Waals surface area contributed by atoms with E-state index in [9.17, 15) is 9.59 Å². The molecule has 0 radical (unpaired) electrons. The number of benzene rings is 2. The molecule has 0 fully saturated rings. The van der Waals surface area contributed by atoms with Crippen LogP contribution in [-0.4, -0.2) is 29.6 Å². The van der Waals surface area contributed by atoms with Crippen molar-refractivity contribution in [3.8, 4) is 10.4 Å². The predicted molar refractivity (Wildman–Crippen MR) is 127 cm³/mol. The summed E-state index contributed by atoms with van der Waals surface area (Å²) in [6, 6.07) is 17.9. The number of carbonyl (C=O) groups excluding carboxylic acids is 1. The molecular weight excluding hydrogens is 408 g/mol. The Hall–Kier alpha value is -3.45. The molecule has 0 aliphatic rings. The number of anilines is 1. The lowest BCUT2D eigenvalue weighted by Crippen LogP contribution is -2.32. The zero-order valence-corrected chi connectivity index (χ0v) is 18.6. The van der Waals surface area contributed by atoms with E-state index < -0.39 is 0 Å². The van der Waals surface area contributed by atoms with Crippen molar-refractivity contribution in [3.05, 3.63) is 82.4 Å². The van der Waals surface area contributed by atoms with Gasteiger partial charge in [0.15, 0.2) is 0 Å². The van der Waals surface area contributed by atoms with Crippen molar-refractivity contribution in [1.29, 1.82) is 0 Å². The van der Waals surface area contributed by atoms with Gasteiger partial charge in [0.2, 0.25) is 5.91 Å². The molecule has 4 rings (SSSR count). The minimum atomic E-state index is -0.226. The summed E-state index contributed by atoms with van der Waals surface area (Å²) in [4.78, 5) is 33.7. The van der Waals surface area contributed by atoms with Crippen molar-refractivity contribution in [2.45, 2.75) is 20.0 Å². The molecule has 0 saturated carbocycles. The highest BCUT2D eigenvalue weighted by Gasteiger charge is 2.16. The zero-order valence-electron chi connectivity index (χ0n) is 17.8. The van der Waals surface area contributed by atoms with Crippen molar-refractivity contribution >= 4 is 33.1 Å². The molecule has 1 amide bonds. The van der Waals surface area contributed by atoms with Crippen molar-refractivity contribution in [3.63, 3.8) is 0 Å². The molecule has 0 atom stereocenters. The molecule has 1 N–H and O–H groups in total. The summed E-state index contributed by atoms with van der Waals surface area (Å²) in [5.74, 6) is -0.226. The highest BCUT2D eigenvalue weighted by molar-refractivity contribution is 7.22. The lowest BCUT2D eigenvalue weighted by Gasteiger charge is -2.13. The molecule has 7 heteroatoms. The van der Waals surface area contributed by atoms with Crippen LogP contribution in [0.1, 0.15) is 11.1 Å². The Morgan fingerprint density at radius 2 is 1.81 bits per heavy atom. The molecule has 158 valence electrons. The second-order valence-electron chi connectivity index (χ2n) is 7.62. The first-order valence-electron chi connectivity index (χ1n) is 10.0. The first kappa shape index (κ1) is 20.8. The van der Waals surface area contributed by atoms with Gasteiger partial charge in [-0.25, -0.2) is 4.98 Å². The van der Waals surface area contributed by atoms with E-state index in [0.717, 1.165) is 27.3 Å². The topological polar surface area (TPSA) is 67.2 Å². The monoisotopic (exact) mass is 432 g/mol. The van der Waals surface area contributed by atoms with Gasteiger partial charge in [0.05, 0.1) is 11.7 Å². The lowest BCUT2D eigenvalue weighted by molar-refractivity contribution is -0.121. The fourth-order valence-electron chi connectivity index (χ4n) is 3.46. The van der Waals surface area contributed by atoms with E-state index in [1.165, 1.54) is 22.2 Å². The normalized spacial score (nSPS) is 10.9. The van der Waals surface area contributed by atoms with Crippen molar-refractivity contribution in [2.24, 2.45) is 0 Å². The molecule has 31 heavy (non-hydrogen) atoms. The second-order valence-corrected chi connectivity index (χ2v) is 8.62. The Morgan fingerprint density at radius 1 is 1.10 bits per heavy atom. The number of rotatable bonds is 6. The highest BCUT2D eigenvalue weighted by Crippen LogP contribution is 2.35. The maximum Gasteiger partial charge on any atom is 0.262 e. The third-order valence-corrected chi connectivity index (χ3v) is 6.46. The number of thiophene rings is 1. The number of aryl methyl sites for hydroxylation is 1. The van der Waals surface area contributed by atoms with E-state index in [-0.39, 0.29) is 18.0 Å². The molecule has 2 heterocycles. The van der Waals surface area contributed by atoms with Gasteiger partial charge in [0.1, 0.15) is 11.4 Å². The number of amides is 1. The van der Waals surface area contributed by atoms with Crippen LogP contribution in [0.4, 0.5) is 5.69 Å². The Labute approximate surface area is 184 Å². The molecule has 0 spiro atoms. The Bertz CT molecular complexity index is 1270.